The van der Waals surface area contributed by atoms with Crippen molar-refractivity contribution in [3.63, 3.8) is 0 Å². The van der Waals surface area contributed by atoms with Gasteiger partial charge in [-0.3, -0.25) is 4.79 Å². The first kappa shape index (κ1) is 23.1. The summed E-state index contributed by atoms with van der Waals surface area (Å²) in [6.07, 6.45) is 2.64. The van der Waals surface area contributed by atoms with E-state index in [0.29, 0.717) is 5.69 Å². The summed E-state index contributed by atoms with van der Waals surface area (Å²) in [5.41, 5.74) is 2.16. The van der Waals surface area contributed by atoms with E-state index in [1.54, 1.807) is 6.07 Å². The Balaban J connectivity index is 1.40. The summed E-state index contributed by atoms with van der Waals surface area (Å²) in [5.74, 6) is 2.26. The number of nitrogens with one attached hydrogen (secondary N) is 2. The zero-order chi connectivity index (χ0) is 22.6. The lowest BCUT2D eigenvalue weighted by Gasteiger charge is -2.26. The van der Waals surface area contributed by atoms with Gasteiger partial charge in [0.15, 0.2) is 0 Å². The topological polar surface area (TPSA) is 87.7 Å². The van der Waals surface area contributed by atoms with Crippen LogP contribution in [0.25, 0.3) is 0 Å². The van der Waals surface area contributed by atoms with Crippen molar-refractivity contribution in [3.8, 4) is 5.75 Å². The number of carbonyl (C=O) groups excluding carboxylic acids is 1. The van der Waals surface area contributed by atoms with Crippen molar-refractivity contribution in [2.45, 2.75) is 30.2 Å². The molecule has 0 unspecified atom stereocenters. The van der Waals surface area contributed by atoms with Crippen LogP contribution >= 0.6 is 11.8 Å². The van der Waals surface area contributed by atoms with Crippen molar-refractivity contribution in [1.29, 1.82) is 0 Å². The number of rotatable bonds is 9. The van der Waals surface area contributed by atoms with Gasteiger partial charge in [-0.25, -0.2) is 13.1 Å². The van der Waals surface area contributed by atoms with Gasteiger partial charge in [0, 0.05) is 48.4 Å². The minimum absolute atomic E-state index is 0.0222. The Morgan fingerprint density at radius 3 is 2.50 bits per heavy atom. The molecular formula is C23H29N3O4S2. The number of amides is 1. The van der Waals surface area contributed by atoms with Gasteiger partial charge in [-0.05, 0) is 55.2 Å². The number of hydrogen-bond acceptors (Lipinski definition) is 6. The molecule has 2 aromatic rings. The van der Waals surface area contributed by atoms with Gasteiger partial charge in [0.05, 0.1) is 7.11 Å². The van der Waals surface area contributed by atoms with Crippen LogP contribution in [0.3, 0.4) is 0 Å². The number of carbonyl (C=O) groups is 1. The molecular weight excluding hydrogens is 446 g/mol. The number of ether oxygens (including phenoxy) is 1. The standard InChI is InChI=1S/C23H29N3O4S2/c1-30-21-9-4-18(16-22(21)32(28,29)25-20-7-8-20)23(27)24-19-5-2-17(3-6-19)10-11-26-12-14-31-15-13-26/h2-6,9,16,20,25H,7-8,10-15H2,1H3,(H,24,27). The average Bonchev–Trinajstić information content (AvgIpc) is 3.62. The molecule has 2 fully saturated rings. The maximum absolute atomic E-state index is 12.8. The van der Waals surface area contributed by atoms with Crippen LogP contribution in [0.5, 0.6) is 5.75 Å². The van der Waals surface area contributed by atoms with Crippen molar-refractivity contribution >= 4 is 33.4 Å². The molecule has 1 saturated heterocycles. The maximum Gasteiger partial charge on any atom is 0.255 e. The minimum Gasteiger partial charge on any atom is -0.495 e. The third-order valence-corrected chi connectivity index (χ3v) is 8.13. The molecule has 4 rings (SSSR count). The number of methoxy groups -OCH3 is 1. The van der Waals surface area contributed by atoms with Crippen LogP contribution in [0, 0.1) is 0 Å². The van der Waals surface area contributed by atoms with Crippen LogP contribution in [-0.4, -0.2) is 63.5 Å². The fraction of sp³-hybridized carbons (Fsp3) is 0.435. The molecule has 0 spiro atoms. The predicted octanol–water partition coefficient (Wildman–Crippen LogP) is 2.98. The monoisotopic (exact) mass is 475 g/mol. The zero-order valence-corrected chi connectivity index (χ0v) is 19.8. The molecule has 1 aliphatic heterocycles. The normalized spacial score (nSPS) is 17.2. The fourth-order valence-electron chi connectivity index (χ4n) is 3.58. The molecule has 0 aromatic heterocycles. The van der Waals surface area contributed by atoms with E-state index < -0.39 is 10.0 Å². The molecule has 0 radical (unpaired) electrons. The van der Waals surface area contributed by atoms with Crippen LogP contribution in [0.2, 0.25) is 0 Å². The van der Waals surface area contributed by atoms with Crippen LogP contribution in [0.15, 0.2) is 47.4 Å². The maximum atomic E-state index is 12.8. The Labute approximate surface area is 194 Å². The number of hydrogen-bond donors (Lipinski definition) is 2. The largest absolute Gasteiger partial charge is 0.495 e. The molecule has 0 atom stereocenters. The highest BCUT2D eigenvalue weighted by atomic mass is 32.2. The highest BCUT2D eigenvalue weighted by Crippen LogP contribution is 2.28. The molecule has 2 aliphatic rings. The van der Waals surface area contributed by atoms with E-state index in [4.69, 9.17) is 4.74 Å². The van der Waals surface area contributed by atoms with Crippen molar-refractivity contribution < 1.29 is 17.9 Å². The highest BCUT2D eigenvalue weighted by molar-refractivity contribution is 7.99. The lowest BCUT2D eigenvalue weighted by molar-refractivity contribution is 0.102. The number of anilines is 1. The summed E-state index contributed by atoms with van der Waals surface area (Å²) < 4.78 is 33.2. The minimum atomic E-state index is -3.75. The van der Waals surface area contributed by atoms with E-state index in [0.717, 1.165) is 38.9 Å². The summed E-state index contributed by atoms with van der Waals surface area (Å²) in [5, 5.41) is 2.85. The molecule has 1 aliphatic carbocycles. The third-order valence-electron chi connectivity index (χ3n) is 5.65. The van der Waals surface area contributed by atoms with Gasteiger partial charge >= 0.3 is 0 Å². The first-order valence-corrected chi connectivity index (χ1v) is 13.5. The molecule has 1 amide bonds. The molecule has 1 saturated carbocycles. The lowest BCUT2D eigenvalue weighted by Crippen LogP contribution is -2.34. The molecule has 0 bridgehead atoms. The molecule has 172 valence electrons. The first-order valence-electron chi connectivity index (χ1n) is 10.9. The van der Waals surface area contributed by atoms with Gasteiger partial charge in [0.1, 0.15) is 10.6 Å². The molecule has 7 nitrogen and oxygen atoms in total. The summed E-state index contributed by atoms with van der Waals surface area (Å²) >= 11 is 2.01. The van der Waals surface area contributed by atoms with Crippen molar-refractivity contribution in [2.75, 3.05) is 43.6 Å². The first-order chi connectivity index (χ1) is 15.4. The quantitative estimate of drug-likeness (QED) is 0.580. The van der Waals surface area contributed by atoms with Crippen molar-refractivity contribution in [1.82, 2.24) is 9.62 Å². The van der Waals surface area contributed by atoms with Gasteiger partial charge in [0.2, 0.25) is 10.0 Å². The summed E-state index contributed by atoms with van der Waals surface area (Å²) in [6, 6.07) is 12.2. The van der Waals surface area contributed by atoms with E-state index >= 15 is 0 Å². The third kappa shape index (κ3) is 6.04. The van der Waals surface area contributed by atoms with E-state index in [2.05, 4.69) is 14.9 Å². The molecule has 2 N–H and O–H groups in total. The zero-order valence-electron chi connectivity index (χ0n) is 18.2. The second-order valence-corrected chi connectivity index (χ2v) is 11.0. The number of benzene rings is 2. The van der Waals surface area contributed by atoms with Crippen LogP contribution in [0.4, 0.5) is 5.69 Å². The smallest absolute Gasteiger partial charge is 0.255 e. The fourth-order valence-corrected chi connectivity index (χ4v) is 6.06. The Morgan fingerprint density at radius 1 is 1.12 bits per heavy atom. The number of nitrogens with zero attached hydrogens (tertiary/aromatic N) is 1. The van der Waals surface area contributed by atoms with Gasteiger partial charge in [-0.1, -0.05) is 12.1 Å². The Hall–Kier alpha value is -2.07. The molecule has 9 heteroatoms. The van der Waals surface area contributed by atoms with Crippen molar-refractivity contribution in [2.24, 2.45) is 0 Å². The van der Waals surface area contributed by atoms with Gasteiger partial charge in [0.25, 0.3) is 5.91 Å². The van der Waals surface area contributed by atoms with Gasteiger partial charge in [-0.2, -0.15) is 11.8 Å². The SMILES string of the molecule is COc1ccc(C(=O)Nc2ccc(CCN3CCSCC3)cc2)cc1S(=O)(=O)NC1CC1. The van der Waals surface area contributed by atoms with Crippen molar-refractivity contribution in [3.05, 3.63) is 53.6 Å². The van der Waals surface area contributed by atoms with E-state index in [1.807, 2.05) is 36.0 Å². The predicted molar refractivity (Wildman–Crippen MR) is 128 cm³/mol. The Morgan fingerprint density at radius 2 is 1.84 bits per heavy atom. The Bertz CT molecular complexity index is 1050. The lowest BCUT2D eigenvalue weighted by atomic mass is 10.1. The Kier molecular flexibility index (Phi) is 7.40. The van der Waals surface area contributed by atoms with E-state index in [1.165, 1.54) is 36.3 Å². The van der Waals surface area contributed by atoms with Crippen LogP contribution in [-0.2, 0) is 16.4 Å². The molecule has 1 heterocycles. The van der Waals surface area contributed by atoms with Gasteiger partial charge < -0.3 is 15.0 Å². The number of thioether (sulfide) groups is 1. The average molecular weight is 476 g/mol. The van der Waals surface area contributed by atoms with E-state index in [-0.39, 0.29) is 28.2 Å². The summed E-state index contributed by atoms with van der Waals surface area (Å²) in [7, 11) is -2.34. The second kappa shape index (κ2) is 10.2. The molecule has 2 aromatic carbocycles. The number of sulfonamides is 1. The van der Waals surface area contributed by atoms with Crippen LogP contribution < -0.4 is 14.8 Å². The summed E-state index contributed by atoms with van der Waals surface area (Å²) in [6.45, 7) is 3.34. The molecule has 32 heavy (non-hydrogen) atoms. The van der Waals surface area contributed by atoms with Crippen LogP contribution in [0.1, 0.15) is 28.8 Å². The summed E-state index contributed by atoms with van der Waals surface area (Å²) in [4.78, 5) is 15.2. The second-order valence-electron chi connectivity index (χ2n) is 8.12. The van der Waals surface area contributed by atoms with E-state index in [9.17, 15) is 13.2 Å². The van der Waals surface area contributed by atoms with Gasteiger partial charge in [-0.15, -0.1) is 0 Å². The highest BCUT2D eigenvalue weighted by Gasteiger charge is 2.30.